The number of nitrogens with zero attached hydrogens (tertiary/aromatic N) is 3. The molecule has 0 spiro atoms. The van der Waals surface area contributed by atoms with Gasteiger partial charge in [0.15, 0.2) is 0 Å². The second-order valence-corrected chi connectivity index (χ2v) is 10.7. The monoisotopic (exact) mass is 469 g/mol. The molecule has 1 aliphatic heterocycles. The highest BCUT2D eigenvalue weighted by molar-refractivity contribution is 9.10. The van der Waals surface area contributed by atoms with Crippen molar-refractivity contribution in [2.45, 2.75) is 9.79 Å². The van der Waals surface area contributed by atoms with E-state index in [4.69, 9.17) is 5.26 Å². The Morgan fingerprint density at radius 2 is 1.33 bits per heavy atom. The third-order valence-electron chi connectivity index (χ3n) is 4.25. The first-order valence-corrected chi connectivity index (χ1v) is 11.7. The van der Waals surface area contributed by atoms with Crippen LogP contribution in [-0.2, 0) is 20.0 Å². The molecule has 0 radical (unpaired) electrons. The van der Waals surface area contributed by atoms with Gasteiger partial charge in [-0.15, -0.1) is 0 Å². The van der Waals surface area contributed by atoms with Gasteiger partial charge in [0.05, 0.1) is 21.4 Å². The van der Waals surface area contributed by atoms with Gasteiger partial charge >= 0.3 is 0 Å². The van der Waals surface area contributed by atoms with E-state index in [-0.39, 0.29) is 36.0 Å². The van der Waals surface area contributed by atoms with Crippen LogP contribution in [0.15, 0.2) is 62.8 Å². The van der Waals surface area contributed by atoms with Gasteiger partial charge in [-0.25, -0.2) is 16.8 Å². The molecule has 142 valence electrons. The van der Waals surface area contributed by atoms with Gasteiger partial charge in [0.25, 0.3) is 0 Å². The van der Waals surface area contributed by atoms with E-state index < -0.39 is 20.0 Å². The number of benzene rings is 2. The molecule has 0 saturated carbocycles. The van der Waals surface area contributed by atoms with Gasteiger partial charge in [-0.3, -0.25) is 0 Å². The van der Waals surface area contributed by atoms with Crippen molar-refractivity contribution in [1.82, 2.24) is 8.61 Å². The Kier molecular flexibility index (Phi) is 5.69. The Morgan fingerprint density at radius 1 is 0.815 bits per heavy atom. The van der Waals surface area contributed by atoms with Crippen LogP contribution in [0.5, 0.6) is 0 Å². The van der Waals surface area contributed by atoms with E-state index in [0.717, 1.165) is 0 Å². The SMILES string of the molecule is N#Cc1ccc(S(=O)(=O)N2CCN(S(=O)(=O)c3cccc(Br)c3)CC2)cc1. The third-order valence-corrected chi connectivity index (χ3v) is 8.55. The molecule has 0 amide bonds. The lowest BCUT2D eigenvalue weighted by Crippen LogP contribution is -2.50. The fourth-order valence-electron chi connectivity index (χ4n) is 2.78. The number of piperazine rings is 1. The van der Waals surface area contributed by atoms with E-state index in [1.807, 2.05) is 6.07 Å². The summed E-state index contributed by atoms with van der Waals surface area (Å²) >= 11 is 3.26. The predicted octanol–water partition coefficient (Wildman–Crippen LogP) is 2.02. The van der Waals surface area contributed by atoms with Crippen LogP contribution >= 0.6 is 15.9 Å². The number of sulfonamides is 2. The second kappa shape index (κ2) is 7.69. The molecule has 0 N–H and O–H groups in total. The molecular weight excluding hydrogens is 454 g/mol. The topological polar surface area (TPSA) is 98.5 Å². The zero-order valence-corrected chi connectivity index (χ0v) is 17.3. The number of nitriles is 1. The van der Waals surface area contributed by atoms with Crippen molar-refractivity contribution < 1.29 is 16.8 Å². The fourth-order valence-corrected chi connectivity index (χ4v) is 6.22. The van der Waals surface area contributed by atoms with Crippen LogP contribution in [0.25, 0.3) is 0 Å². The molecule has 10 heteroatoms. The smallest absolute Gasteiger partial charge is 0.207 e. The molecule has 27 heavy (non-hydrogen) atoms. The summed E-state index contributed by atoms with van der Waals surface area (Å²) in [6.07, 6.45) is 0. The van der Waals surface area contributed by atoms with E-state index >= 15 is 0 Å². The van der Waals surface area contributed by atoms with Crippen molar-refractivity contribution in [3.8, 4) is 6.07 Å². The van der Waals surface area contributed by atoms with Gasteiger partial charge in [-0.1, -0.05) is 22.0 Å². The maximum absolute atomic E-state index is 12.7. The summed E-state index contributed by atoms with van der Waals surface area (Å²) in [5.74, 6) is 0. The van der Waals surface area contributed by atoms with Crippen LogP contribution in [0.2, 0.25) is 0 Å². The summed E-state index contributed by atoms with van der Waals surface area (Å²) in [5.41, 5.74) is 0.374. The van der Waals surface area contributed by atoms with Crippen molar-refractivity contribution in [1.29, 1.82) is 5.26 Å². The standard InChI is InChI=1S/C17H16BrN3O4S2/c18-15-2-1-3-17(12-15)27(24,25)21-10-8-20(9-11-21)26(22,23)16-6-4-14(13-19)5-7-16/h1-7,12H,8-11H2. The Labute approximate surface area is 167 Å². The molecule has 2 aromatic rings. The highest BCUT2D eigenvalue weighted by Crippen LogP contribution is 2.23. The first-order valence-electron chi connectivity index (χ1n) is 8.01. The van der Waals surface area contributed by atoms with E-state index in [2.05, 4.69) is 15.9 Å². The van der Waals surface area contributed by atoms with Crippen molar-refractivity contribution in [3.05, 3.63) is 58.6 Å². The van der Waals surface area contributed by atoms with Crippen LogP contribution in [0, 0.1) is 11.3 Å². The van der Waals surface area contributed by atoms with Gasteiger partial charge < -0.3 is 0 Å². The molecule has 0 atom stereocenters. The molecule has 3 rings (SSSR count). The van der Waals surface area contributed by atoms with Gasteiger partial charge in [0.2, 0.25) is 20.0 Å². The first-order chi connectivity index (χ1) is 12.7. The summed E-state index contributed by atoms with van der Waals surface area (Å²) in [5, 5.41) is 8.82. The molecular formula is C17H16BrN3O4S2. The van der Waals surface area contributed by atoms with Gasteiger partial charge in [-0.2, -0.15) is 13.9 Å². The Hall–Kier alpha value is -1.77. The molecule has 7 nitrogen and oxygen atoms in total. The summed E-state index contributed by atoms with van der Waals surface area (Å²) in [7, 11) is -7.41. The zero-order valence-electron chi connectivity index (χ0n) is 14.1. The maximum Gasteiger partial charge on any atom is 0.243 e. The molecule has 0 unspecified atom stereocenters. The van der Waals surface area contributed by atoms with Crippen molar-refractivity contribution >= 4 is 36.0 Å². The summed E-state index contributed by atoms with van der Waals surface area (Å²) in [6, 6.07) is 14.0. The molecule has 1 aliphatic rings. The molecule has 0 bridgehead atoms. The molecule has 0 aliphatic carbocycles. The second-order valence-electron chi connectivity index (χ2n) is 5.90. The number of halogens is 1. The Balaban J connectivity index is 1.75. The largest absolute Gasteiger partial charge is 0.243 e. The fraction of sp³-hybridized carbons (Fsp3) is 0.235. The van der Waals surface area contributed by atoms with Gasteiger partial charge in [-0.05, 0) is 42.5 Å². The summed E-state index contributed by atoms with van der Waals surface area (Å²) in [4.78, 5) is 0.255. The normalized spacial score (nSPS) is 16.7. The quantitative estimate of drug-likeness (QED) is 0.681. The van der Waals surface area contributed by atoms with Gasteiger partial charge in [0, 0.05) is 30.7 Å². The van der Waals surface area contributed by atoms with Crippen molar-refractivity contribution in [2.75, 3.05) is 26.2 Å². The minimum Gasteiger partial charge on any atom is -0.207 e. The van der Waals surface area contributed by atoms with E-state index in [0.29, 0.717) is 10.0 Å². The Morgan fingerprint density at radius 3 is 1.81 bits per heavy atom. The molecule has 0 aromatic heterocycles. The van der Waals surface area contributed by atoms with Crippen LogP contribution in [0.4, 0.5) is 0 Å². The van der Waals surface area contributed by atoms with E-state index in [1.54, 1.807) is 12.1 Å². The minimum absolute atomic E-state index is 0.0650. The Bertz CT molecular complexity index is 1090. The van der Waals surface area contributed by atoms with E-state index in [9.17, 15) is 16.8 Å². The molecule has 1 saturated heterocycles. The average molecular weight is 470 g/mol. The zero-order chi connectivity index (χ0) is 19.7. The number of hydrogen-bond acceptors (Lipinski definition) is 5. The van der Waals surface area contributed by atoms with Crippen LogP contribution in [-0.4, -0.2) is 51.6 Å². The van der Waals surface area contributed by atoms with Crippen LogP contribution < -0.4 is 0 Å². The van der Waals surface area contributed by atoms with Gasteiger partial charge in [0.1, 0.15) is 0 Å². The maximum atomic E-state index is 12.7. The lowest BCUT2D eigenvalue weighted by molar-refractivity contribution is 0.273. The minimum atomic E-state index is -3.73. The number of rotatable bonds is 4. The molecule has 1 fully saturated rings. The third kappa shape index (κ3) is 4.07. The first kappa shape index (κ1) is 20.0. The van der Waals surface area contributed by atoms with E-state index in [1.165, 1.54) is 45.0 Å². The van der Waals surface area contributed by atoms with Crippen molar-refractivity contribution in [2.24, 2.45) is 0 Å². The summed E-state index contributed by atoms with van der Waals surface area (Å²) in [6.45, 7) is 0.278. The lowest BCUT2D eigenvalue weighted by Gasteiger charge is -2.33. The number of hydrogen-bond donors (Lipinski definition) is 0. The van der Waals surface area contributed by atoms with Crippen LogP contribution in [0.1, 0.15) is 5.56 Å². The molecule has 2 aromatic carbocycles. The predicted molar refractivity (Wildman–Crippen MR) is 103 cm³/mol. The van der Waals surface area contributed by atoms with Crippen LogP contribution in [0.3, 0.4) is 0 Å². The van der Waals surface area contributed by atoms with Crippen molar-refractivity contribution in [3.63, 3.8) is 0 Å². The highest BCUT2D eigenvalue weighted by atomic mass is 79.9. The molecule has 1 heterocycles. The average Bonchev–Trinajstić information content (AvgIpc) is 2.68. The summed E-state index contributed by atoms with van der Waals surface area (Å²) < 4.78 is 54.2. The highest BCUT2D eigenvalue weighted by Gasteiger charge is 2.33. The lowest BCUT2D eigenvalue weighted by atomic mass is 10.2.